The van der Waals surface area contributed by atoms with E-state index < -0.39 is 21.9 Å². The van der Waals surface area contributed by atoms with Crippen LogP contribution < -0.4 is 0 Å². The van der Waals surface area contributed by atoms with Gasteiger partial charge in [0, 0.05) is 19.7 Å². The Morgan fingerprint density at radius 1 is 1.33 bits per heavy atom. The second-order valence-electron chi connectivity index (χ2n) is 4.95. The molecule has 18 heavy (non-hydrogen) atoms. The smallest absolute Gasteiger partial charge is 0.307 e. The van der Waals surface area contributed by atoms with Crippen LogP contribution in [0.3, 0.4) is 0 Å². The molecule has 0 aromatic carbocycles. The maximum Gasteiger partial charge on any atom is 0.307 e. The molecule has 0 aliphatic carbocycles. The molecule has 2 heterocycles. The van der Waals surface area contributed by atoms with Gasteiger partial charge in [0.1, 0.15) is 0 Å². The summed E-state index contributed by atoms with van der Waals surface area (Å²) in [6.45, 7) is 1.15. The lowest BCUT2D eigenvalue weighted by atomic mass is 10.0. The van der Waals surface area contributed by atoms with Crippen LogP contribution in [0.15, 0.2) is 0 Å². The van der Waals surface area contributed by atoms with E-state index in [9.17, 15) is 13.2 Å². The van der Waals surface area contributed by atoms with Gasteiger partial charge in [-0.05, 0) is 25.7 Å². The minimum absolute atomic E-state index is 0.0145. The van der Waals surface area contributed by atoms with E-state index in [1.54, 1.807) is 0 Å². The summed E-state index contributed by atoms with van der Waals surface area (Å²) in [5.41, 5.74) is 0. The molecule has 0 aromatic rings. The number of ether oxygens (including phenoxy) is 1. The highest BCUT2D eigenvalue weighted by Crippen LogP contribution is 2.22. The summed E-state index contributed by atoms with van der Waals surface area (Å²) in [7, 11) is -3.39. The summed E-state index contributed by atoms with van der Waals surface area (Å²) in [5, 5.41) is 8.96. The van der Waals surface area contributed by atoms with Crippen molar-refractivity contribution < 1.29 is 23.1 Å². The summed E-state index contributed by atoms with van der Waals surface area (Å²) in [6.07, 6.45) is 2.62. The standard InChI is InChI=1S/C11H19NO5S/c13-11(14)9-3-1-5-12(7-9)18(15,16)8-10-4-2-6-17-10/h9-10H,1-8H2,(H,13,14). The van der Waals surface area contributed by atoms with Crippen molar-refractivity contribution in [2.75, 3.05) is 25.4 Å². The van der Waals surface area contributed by atoms with Gasteiger partial charge in [-0.2, -0.15) is 0 Å². The molecule has 2 saturated heterocycles. The topological polar surface area (TPSA) is 83.9 Å². The molecular formula is C11H19NO5S. The van der Waals surface area contributed by atoms with Crippen molar-refractivity contribution in [3.63, 3.8) is 0 Å². The van der Waals surface area contributed by atoms with Gasteiger partial charge in [-0.3, -0.25) is 4.79 Å². The average Bonchev–Trinajstić information content (AvgIpc) is 2.81. The number of nitrogens with zero attached hydrogens (tertiary/aromatic N) is 1. The third-order valence-corrected chi connectivity index (χ3v) is 5.46. The van der Waals surface area contributed by atoms with Crippen LogP contribution in [-0.4, -0.2) is 55.4 Å². The maximum absolute atomic E-state index is 12.2. The largest absolute Gasteiger partial charge is 0.481 e. The van der Waals surface area contributed by atoms with Gasteiger partial charge < -0.3 is 9.84 Å². The van der Waals surface area contributed by atoms with Gasteiger partial charge >= 0.3 is 5.97 Å². The molecular weight excluding hydrogens is 258 g/mol. The number of hydrogen-bond donors (Lipinski definition) is 1. The first-order chi connectivity index (χ1) is 8.49. The maximum atomic E-state index is 12.2. The number of piperidine rings is 1. The number of aliphatic carboxylic acids is 1. The summed E-state index contributed by atoms with van der Waals surface area (Å²) < 4.78 is 31.0. The normalized spacial score (nSPS) is 30.4. The van der Waals surface area contributed by atoms with Crippen molar-refractivity contribution in [2.45, 2.75) is 31.8 Å². The first-order valence-electron chi connectivity index (χ1n) is 6.31. The Morgan fingerprint density at radius 2 is 2.11 bits per heavy atom. The molecule has 2 aliphatic heterocycles. The van der Waals surface area contributed by atoms with Crippen LogP contribution in [0.25, 0.3) is 0 Å². The quantitative estimate of drug-likeness (QED) is 0.798. The predicted molar refractivity (Wildman–Crippen MR) is 64.7 cm³/mol. The van der Waals surface area contributed by atoms with Gasteiger partial charge in [0.25, 0.3) is 0 Å². The molecule has 1 N–H and O–H groups in total. The zero-order valence-corrected chi connectivity index (χ0v) is 11.1. The number of sulfonamides is 1. The minimum atomic E-state index is -3.39. The van der Waals surface area contributed by atoms with E-state index in [1.165, 1.54) is 4.31 Å². The molecule has 104 valence electrons. The fraction of sp³-hybridized carbons (Fsp3) is 0.909. The van der Waals surface area contributed by atoms with E-state index in [2.05, 4.69) is 0 Å². The van der Waals surface area contributed by atoms with Gasteiger partial charge in [0.05, 0.1) is 17.8 Å². The van der Waals surface area contributed by atoms with Crippen LogP contribution in [0.2, 0.25) is 0 Å². The number of rotatable bonds is 4. The van der Waals surface area contributed by atoms with Crippen molar-refractivity contribution >= 4 is 16.0 Å². The molecule has 2 fully saturated rings. The summed E-state index contributed by atoms with van der Waals surface area (Å²) >= 11 is 0. The number of carboxylic acid groups (broad SMARTS) is 1. The van der Waals surface area contributed by atoms with E-state index in [-0.39, 0.29) is 18.4 Å². The third-order valence-electron chi connectivity index (χ3n) is 3.55. The van der Waals surface area contributed by atoms with Crippen LogP contribution in [-0.2, 0) is 19.6 Å². The number of carbonyl (C=O) groups is 1. The van der Waals surface area contributed by atoms with Gasteiger partial charge in [-0.15, -0.1) is 0 Å². The Balaban J connectivity index is 1.97. The molecule has 2 aliphatic rings. The third kappa shape index (κ3) is 3.21. The summed E-state index contributed by atoms with van der Waals surface area (Å²) in [4.78, 5) is 10.9. The highest BCUT2D eigenvalue weighted by molar-refractivity contribution is 7.89. The molecule has 0 spiro atoms. The molecule has 0 amide bonds. The Hall–Kier alpha value is -0.660. The zero-order chi connectivity index (χ0) is 13.2. The van der Waals surface area contributed by atoms with Crippen molar-refractivity contribution in [1.82, 2.24) is 4.31 Å². The van der Waals surface area contributed by atoms with Gasteiger partial charge in [0.15, 0.2) is 0 Å². The van der Waals surface area contributed by atoms with Crippen molar-refractivity contribution in [1.29, 1.82) is 0 Å². The Kier molecular flexibility index (Phi) is 4.24. The Bertz CT molecular complexity index is 402. The van der Waals surface area contributed by atoms with Crippen LogP contribution >= 0.6 is 0 Å². The van der Waals surface area contributed by atoms with Gasteiger partial charge in [-0.25, -0.2) is 12.7 Å². The van der Waals surface area contributed by atoms with E-state index in [1.807, 2.05) is 0 Å². The molecule has 2 rings (SSSR count). The molecule has 0 radical (unpaired) electrons. The number of carboxylic acids is 1. The molecule has 0 saturated carbocycles. The molecule has 2 unspecified atom stereocenters. The average molecular weight is 277 g/mol. The fourth-order valence-corrected chi connectivity index (χ4v) is 4.27. The van der Waals surface area contributed by atoms with Gasteiger partial charge in [-0.1, -0.05) is 0 Å². The second kappa shape index (κ2) is 5.54. The van der Waals surface area contributed by atoms with Crippen LogP contribution in [0.4, 0.5) is 0 Å². The second-order valence-corrected chi connectivity index (χ2v) is 6.96. The van der Waals surface area contributed by atoms with Gasteiger partial charge in [0.2, 0.25) is 10.0 Å². The van der Waals surface area contributed by atoms with E-state index >= 15 is 0 Å². The first kappa shape index (κ1) is 13.8. The van der Waals surface area contributed by atoms with Crippen molar-refractivity contribution in [2.24, 2.45) is 5.92 Å². The number of hydrogen-bond acceptors (Lipinski definition) is 4. The van der Waals surface area contributed by atoms with E-state index in [0.717, 1.165) is 12.8 Å². The lowest BCUT2D eigenvalue weighted by molar-refractivity contribution is -0.142. The summed E-state index contributed by atoms with van der Waals surface area (Å²) in [6, 6.07) is 0. The monoisotopic (exact) mass is 277 g/mol. The highest BCUT2D eigenvalue weighted by Gasteiger charge is 2.34. The molecule has 6 nitrogen and oxygen atoms in total. The fourth-order valence-electron chi connectivity index (χ4n) is 2.51. The lowest BCUT2D eigenvalue weighted by Gasteiger charge is -2.30. The molecule has 7 heteroatoms. The lowest BCUT2D eigenvalue weighted by Crippen LogP contribution is -2.44. The van der Waals surface area contributed by atoms with Crippen molar-refractivity contribution in [3.8, 4) is 0 Å². The molecule has 0 aromatic heterocycles. The van der Waals surface area contributed by atoms with Crippen LogP contribution in [0, 0.1) is 5.92 Å². The molecule has 2 atom stereocenters. The Morgan fingerprint density at radius 3 is 2.72 bits per heavy atom. The highest BCUT2D eigenvalue weighted by atomic mass is 32.2. The molecule has 0 bridgehead atoms. The van der Waals surface area contributed by atoms with E-state index in [4.69, 9.17) is 9.84 Å². The van der Waals surface area contributed by atoms with Crippen molar-refractivity contribution in [3.05, 3.63) is 0 Å². The summed E-state index contributed by atoms with van der Waals surface area (Å²) in [5.74, 6) is -1.50. The van der Waals surface area contributed by atoms with Crippen LogP contribution in [0.1, 0.15) is 25.7 Å². The predicted octanol–water partition coefficient (Wildman–Crippen LogP) is 0.292. The Labute approximate surface area is 107 Å². The zero-order valence-electron chi connectivity index (χ0n) is 10.2. The van der Waals surface area contributed by atoms with Crippen LogP contribution in [0.5, 0.6) is 0 Å². The minimum Gasteiger partial charge on any atom is -0.481 e. The first-order valence-corrected chi connectivity index (χ1v) is 7.92. The van der Waals surface area contributed by atoms with E-state index in [0.29, 0.717) is 26.0 Å². The SMILES string of the molecule is O=C(O)C1CCCN(S(=O)(=O)CC2CCCO2)C1.